The molecule has 1 N–H and O–H groups in total. The molecule has 1 aliphatic heterocycles. The quantitative estimate of drug-likeness (QED) is 0.925. The van der Waals surface area contributed by atoms with Gasteiger partial charge in [0.15, 0.2) is 0 Å². The molecule has 3 rings (SSSR count). The summed E-state index contributed by atoms with van der Waals surface area (Å²) in [6, 6.07) is 7.39. The van der Waals surface area contributed by atoms with Gasteiger partial charge in [-0.25, -0.2) is 4.68 Å². The van der Waals surface area contributed by atoms with Crippen molar-refractivity contribution >= 4 is 29.1 Å². The maximum absolute atomic E-state index is 12.4. The van der Waals surface area contributed by atoms with Crippen molar-refractivity contribution in [3.63, 3.8) is 0 Å². The number of carbonyl (C=O) groups excluding carboxylic acids is 2. The molecular formula is C17H19ClN4O2. The molecule has 6 nitrogen and oxygen atoms in total. The molecule has 0 bridgehead atoms. The lowest BCUT2D eigenvalue weighted by Gasteiger charge is -2.12. The molecule has 1 fully saturated rings. The van der Waals surface area contributed by atoms with Crippen LogP contribution in [0.4, 0.5) is 5.69 Å². The molecule has 0 saturated carbocycles. The van der Waals surface area contributed by atoms with Crippen LogP contribution in [0, 0.1) is 5.92 Å². The highest BCUT2D eigenvalue weighted by molar-refractivity contribution is 6.30. The van der Waals surface area contributed by atoms with Crippen LogP contribution in [0.25, 0.3) is 5.69 Å². The first kappa shape index (κ1) is 16.5. The van der Waals surface area contributed by atoms with Gasteiger partial charge in [-0.3, -0.25) is 9.59 Å². The summed E-state index contributed by atoms with van der Waals surface area (Å²) in [6.07, 6.45) is 2.59. The maximum atomic E-state index is 12.4. The van der Waals surface area contributed by atoms with Crippen LogP contribution < -0.4 is 5.32 Å². The van der Waals surface area contributed by atoms with Crippen molar-refractivity contribution in [2.45, 2.75) is 19.8 Å². The molecule has 2 heterocycles. The number of anilines is 1. The fraction of sp³-hybridized carbons (Fsp3) is 0.353. The van der Waals surface area contributed by atoms with Gasteiger partial charge < -0.3 is 10.2 Å². The van der Waals surface area contributed by atoms with Gasteiger partial charge in [-0.1, -0.05) is 24.6 Å². The first-order valence-corrected chi connectivity index (χ1v) is 8.25. The number of likely N-dealkylation sites (tertiary alicyclic amines) is 1. The van der Waals surface area contributed by atoms with Gasteiger partial charge in [-0.05, 0) is 24.6 Å². The number of nitrogens with one attached hydrogen (secondary N) is 1. The molecular weight excluding hydrogens is 328 g/mol. The van der Waals surface area contributed by atoms with E-state index < -0.39 is 0 Å². The Labute approximate surface area is 145 Å². The fourth-order valence-electron chi connectivity index (χ4n) is 2.92. The second kappa shape index (κ2) is 6.65. The number of nitrogens with zero attached hydrogens (tertiary/aromatic N) is 3. The Bertz CT molecular complexity index is 787. The van der Waals surface area contributed by atoms with Gasteiger partial charge in [0.05, 0.1) is 29.2 Å². The third-order valence-electron chi connectivity index (χ3n) is 4.23. The number of rotatable bonds is 4. The van der Waals surface area contributed by atoms with Crippen molar-refractivity contribution in [3.8, 4) is 5.69 Å². The number of carbonyl (C=O) groups is 2. The predicted octanol–water partition coefficient (Wildman–Crippen LogP) is 2.50. The van der Waals surface area contributed by atoms with E-state index in [1.165, 1.54) is 0 Å². The van der Waals surface area contributed by atoms with E-state index in [-0.39, 0.29) is 24.2 Å². The van der Waals surface area contributed by atoms with Crippen molar-refractivity contribution in [2.24, 2.45) is 5.92 Å². The Balaban J connectivity index is 1.82. The molecule has 1 aromatic carbocycles. The van der Waals surface area contributed by atoms with E-state index in [9.17, 15) is 9.59 Å². The molecule has 126 valence electrons. The van der Waals surface area contributed by atoms with Crippen LogP contribution in [-0.4, -0.2) is 40.1 Å². The number of hydrogen-bond donors (Lipinski definition) is 1. The normalized spacial score (nSPS) is 17.4. The van der Waals surface area contributed by atoms with Crippen LogP contribution in [0.2, 0.25) is 5.02 Å². The summed E-state index contributed by atoms with van der Waals surface area (Å²) < 4.78 is 1.77. The molecule has 1 saturated heterocycles. The summed E-state index contributed by atoms with van der Waals surface area (Å²) in [7, 11) is 1.71. The monoisotopic (exact) mass is 346 g/mol. The van der Waals surface area contributed by atoms with E-state index in [2.05, 4.69) is 10.4 Å². The van der Waals surface area contributed by atoms with Crippen molar-refractivity contribution < 1.29 is 9.59 Å². The van der Waals surface area contributed by atoms with Crippen LogP contribution in [0.5, 0.6) is 0 Å². The van der Waals surface area contributed by atoms with Gasteiger partial charge >= 0.3 is 0 Å². The number of amides is 2. The van der Waals surface area contributed by atoms with E-state index in [0.717, 1.165) is 11.4 Å². The second-order valence-electron chi connectivity index (χ2n) is 5.91. The van der Waals surface area contributed by atoms with Crippen LogP contribution in [0.15, 0.2) is 30.5 Å². The zero-order chi connectivity index (χ0) is 17.3. The SMILES string of the molecule is CCc1c(NC(=O)[C@H]2CC(=O)N(C)C2)cnn1-c1cccc(Cl)c1. The van der Waals surface area contributed by atoms with Gasteiger partial charge in [-0.2, -0.15) is 5.10 Å². The van der Waals surface area contributed by atoms with Gasteiger partial charge in [0.1, 0.15) is 0 Å². The summed E-state index contributed by atoms with van der Waals surface area (Å²) in [6.45, 7) is 2.45. The molecule has 0 unspecified atom stereocenters. The number of aromatic nitrogens is 2. The average Bonchev–Trinajstić information content (AvgIpc) is 3.11. The predicted molar refractivity (Wildman–Crippen MR) is 92.3 cm³/mol. The summed E-state index contributed by atoms with van der Waals surface area (Å²) in [5.74, 6) is -0.463. The fourth-order valence-corrected chi connectivity index (χ4v) is 3.11. The Morgan fingerprint density at radius 2 is 2.25 bits per heavy atom. The summed E-state index contributed by atoms with van der Waals surface area (Å²) in [5, 5.41) is 7.92. The molecule has 2 amide bonds. The van der Waals surface area contributed by atoms with Crippen LogP contribution in [0.1, 0.15) is 19.0 Å². The minimum Gasteiger partial charge on any atom is -0.345 e. The lowest BCUT2D eigenvalue weighted by Crippen LogP contribution is -2.26. The Morgan fingerprint density at radius 3 is 2.88 bits per heavy atom. The molecule has 7 heteroatoms. The topological polar surface area (TPSA) is 67.2 Å². The molecule has 0 spiro atoms. The highest BCUT2D eigenvalue weighted by atomic mass is 35.5. The van der Waals surface area contributed by atoms with E-state index >= 15 is 0 Å². The van der Waals surface area contributed by atoms with Crippen molar-refractivity contribution in [1.82, 2.24) is 14.7 Å². The van der Waals surface area contributed by atoms with Gasteiger partial charge in [0.25, 0.3) is 0 Å². The first-order chi connectivity index (χ1) is 11.5. The molecule has 1 aliphatic rings. The third kappa shape index (κ3) is 3.14. The largest absolute Gasteiger partial charge is 0.345 e. The van der Waals surface area contributed by atoms with E-state index in [4.69, 9.17) is 11.6 Å². The summed E-state index contributed by atoms with van der Waals surface area (Å²) >= 11 is 6.05. The Kier molecular flexibility index (Phi) is 4.57. The molecule has 1 atom stereocenters. The van der Waals surface area contributed by atoms with Crippen LogP contribution in [-0.2, 0) is 16.0 Å². The van der Waals surface area contributed by atoms with Gasteiger partial charge in [-0.15, -0.1) is 0 Å². The van der Waals surface area contributed by atoms with Crippen LogP contribution >= 0.6 is 11.6 Å². The minimum absolute atomic E-state index is 0.000451. The van der Waals surface area contributed by atoms with E-state index in [1.807, 2.05) is 25.1 Å². The van der Waals surface area contributed by atoms with Gasteiger partial charge in [0.2, 0.25) is 11.8 Å². The van der Waals surface area contributed by atoms with Crippen molar-refractivity contribution in [2.75, 3.05) is 18.9 Å². The Morgan fingerprint density at radius 1 is 1.46 bits per heavy atom. The van der Waals surface area contributed by atoms with E-state index in [1.54, 1.807) is 28.9 Å². The number of benzene rings is 1. The van der Waals surface area contributed by atoms with Crippen molar-refractivity contribution in [3.05, 3.63) is 41.2 Å². The minimum atomic E-state index is -0.318. The van der Waals surface area contributed by atoms with Crippen LogP contribution in [0.3, 0.4) is 0 Å². The Hall–Kier alpha value is -2.34. The molecule has 1 aromatic heterocycles. The summed E-state index contributed by atoms with van der Waals surface area (Å²) in [5.41, 5.74) is 2.41. The molecule has 0 aliphatic carbocycles. The lowest BCUT2D eigenvalue weighted by atomic mass is 10.1. The highest BCUT2D eigenvalue weighted by Gasteiger charge is 2.32. The second-order valence-corrected chi connectivity index (χ2v) is 6.35. The van der Waals surface area contributed by atoms with Gasteiger partial charge in [0, 0.05) is 25.0 Å². The smallest absolute Gasteiger partial charge is 0.229 e. The zero-order valence-electron chi connectivity index (χ0n) is 13.6. The number of halogens is 1. The summed E-state index contributed by atoms with van der Waals surface area (Å²) in [4.78, 5) is 25.6. The lowest BCUT2D eigenvalue weighted by molar-refractivity contribution is -0.127. The third-order valence-corrected chi connectivity index (χ3v) is 4.46. The highest BCUT2D eigenvalue weighted by Crippen LogP contribution is 2.24. The molecule has 2 aromatic rings. The average molecular weight is 347 g/mol. The zero-order valence-corrected chi connectivity index (χ0v) is 14.4. The number of hydrogen-bond acceptors (Lipinski definition) is 3. The van der Waals surface area contributed by atoms with Crippen molar-refractivity contribution in [1.29, 1.82) is 0 Å². The first-order valence-electron chi connectivity index (χ1n) is 7.87. The maximum Gasteiger partial charge on any atom is 0.229 e. The van der Waals surface area contributed by atoms with E-state index in [0.29, 0.717) is 23.7 Å². The molecule has 24 heavy (non-hydrogen) atoms. The molecule has 0 radical (unpaired) electrons. The standard InChI is InChI=1S/C17H19ClN4O2/c1-3-15-14(20-17(24)11-7-16(23)21(2)10-11)9-19-22(15)13-6-4-5-12(18)8-13/h4-6,8-9,11H,3,7,10H2,1-2H3,(H,20,24)/t11-/m0/s1.